The van der Waals surface area contributed by atoms with E-state index in [2.05, 4.69) is 10.1 Å². The van der Waals surface area contributed by atoms with Crippen LogP contribution in [0.4, 0.5) is 8.78 Å². The zero-order valence-corrected chi connectivity index (χ0v) is 14.3. The summed E-state index contributed by atoms with van der Waals surface area (Å²) in [6.45, 7) is 0. The Morgan fingerprint density at radius 2 is 1.96 bits per heavy atom. The van der Waals surface area contributed by atoms with E-state index in [1.165, 1.54) is 30.3 Å². The molecule has 3 aromatic rings. The summed E-state index contributed by atoms with van der Waals surface area (Å²) in [6, 6.07) is 8.75. The Kier molecular flexibility index (Phi) is 4.70. The number of nitrogens with zero attached hydrogens (tertiary/aromatic N) is 2. The lowest BCUT2D eigenvalue weighted by atomic mass is 10.0. The predicted octanol–water partition coefficient (Wildman–Crippen LogP) is 1.77. The van der Waals surface area contributed by atoms with Gasteiger partial charge in [-0.15, -0.1) is 0 Å². The van der Waals surface area contributed by atoms with E-state index in [4.69, 9.17) is 22.0 Å². The van der Waals surface area contributed by atoms with Crippen LogP contribution >= 0.6 is 0 Å². The molecule has 10 heteroatoms. The topological polar surface area (TPSA) is 148 Å². The van der Waals surface area contributed by atoms with E-state index < -0.39 is 22.8 Å². The molecule has 2 aromatic heterocycles. The summed E-state index contributed by atoms with van der Waals surface area (Å²) in [5.41, 5.74) is 4.72. The summed E-state index contributed by atoms with van der Waals surface area (Å²) in [5.74, 6) is -5.00. The number of allylic oxidation sites excluding steroid dienone is 1. The quantitative estimate of drug-likeness (QED) is 0.345. The average Bonchev–Trinajstić information content (AvgIpc) is 2.69. The van der Waals surface area contributed by atoms with Crippen molar-refractivity contribution in [1.29, 1.82) is 16.2 Å². The predicted molar refractivity (Wildman–Crippen MR) is 101 cm³/mol. The Morgan fingerprint density at radius 3 is 2.64 bits per heavy atom. The number of halogens is 2. The zero-order chi connectivity index (χ0) is 20.5. The van der Waals surface area contributed by atoms with Crippen LogP contribution in [0.1, 0.15) is 11.3 Å². The molecule has 1 aromatic carbocycles. The molecule has 2 heterocycles. The Balaban J connectivity index is 2.09. The van der Waals surface area contributed by atoms with Crippen LogP contribution in [0.15, 0.2) is 53.5 Å². The number of pyridine rings is 1. The van der Waals surface area contributed by atoms with Gasteiger partial charge in [0.05, 0.1) is 5.69 Å². The number of nitrogens with two attached hydrogens (primary N) is 1. The van der Waals surface area contributed by atoms with Gasteiger partial charge in [0.25, 0.3) is 0 Å². The molecule has 0 unspecified atom stereocenters. The van der Waals surface area contributed by atoms with Gasteiger partial charge in [-0.25, -0.2) is 0 Å². The van der Waals surface area contributed by atoms with Crippen molar-refractivity contribution in [3.63, 3.8) is 0 Å². The fraction of sp³-hybridized carbons (Fsp3) is 0.0556. The van der Waals surface area contributed by atoms with Gasteiger partial charge >= 0.3 is 5.92 Å². The van der Waals surface area contributed by atoms with E-state index in [1.54, 1.807) is 0 Å². The Morgan fingerprint density at radius 1 is 1.21 bits per heavy atom. The summed E-state index contributed by atoms with van der Waals surface area (Å²) in [7, 11) is 0. The first-order valence-corrected chi connectivity index (χ1v) is 7.96. The van der Waals surface area contributed by atoms with Crippen molar-refractivity contribution in [2.45, 2.75) is 5.92 Å². The second-order valence-corrected chi connectivity index (χ2v) is 5.83. The molecule has 0 saturated carbocycles. The van der Waals surface area contributed by atoms with Crippen LogP contribution in [-0.4, -0.2) is 26.8 Å². The molecule has 0 spiro atoms. The first-order chi connectivity index (χ1) is 13.3. The van der Waals surface area contributed by atoms with Gasteiger partial charge in [0.2, 0.25) is 5.56 Å². The molecule has 0 aliphatic heterocycles. The molecular formula is C18H15F2N7O. The van der Waals surface area contributed by atoms with Gasteiger partial charge in [0.1, 0.15) is 5.49 Å². The maximum Gasteiger partial charge on any atom is 0.331 e. The Bertz CT molecular complexity index is 1240. The number of fused-ring (bicyclic) bond motifs is 1. The normalized spacial score (nSPS) is 12.1. The molecule has 142 valence electrons. The van der Waals surface area contributed by atoms with E-state index in [0.717, 1.165) is 24.5 Å². The molecule has 8 nitrogen and oxygen atoms in total. The van der Waals surface area contributed by atoms with Gasteiger partial charge in [-0.1, -0.05) is 6.07 Å². The van der Waals surface area contributed by atoms with Crippen molar-refractivity contribution in [3.05, 3.63) is 75.8 Å². The van der Waals surface area contributed by atoms with E-state index in [1.807, 2.05) is 0 Å². The minimum absolute atomic E-state index is 0.0742. The summed E-state index contributed by atoms with van der Waals surface area (Å²) >= 11 is 0. The van der Waals surface area contributed by atoms with Crippen molar-refractivity contribution in [2.75, 3.05) is 0 Å². The van der Waals surface area contributed by atoms with Gasteiger partial charge in [-0.3, -0.25) is 15.6 Å². The third-order valence-corrected chi connectivity index (χ3v) is 4.06. The number of benzene rings is 1. The lowest BCUT2D eigenvalue weighted by molar-refractivity contribution is 0.0697. The molecule has 0 fully saturated rings. The van der Waals surface area contributed by atoms with Crippen LogP contribution in [-0.2, 0) is 5.92 Å². The highest BCUT2D eigenvalue weighted by Crippen LogP contribution is 2.31. The SMILES string of the molecule is N=CC(=CN)c1ccc(=N)n(C(=N)C(F)(F)c2ccc3[nH]c(=O)ccc3c2)n1. The highest BCUT2D eigenvalue weighted by Gasteiger charge is 2.39. The number of aromatic amines is 1. The van der Waals surface area contributed by atoms with Gasteiger partial charge < -0.3 is 16.1 Å². The molecule has 0 amide bonds. The summed E-state index contributed by atoms with van der Waals surface area (Å²) in [4.78, 5) is 13.9. The van der Waals surface area contributed by atoms with Gasteiger partial charge in [-0.2, -0.15) is 18.6 Å². The first-order valence-electron chi connectivity index (χ1n) is 7.96. The van der Waals surface area contributed by atoms with Crippen LogP contribution in [0.2, 0.25) is 0 Å². The minimum Gasteiger partial charge on any atom is -0.404 e. The molecule has 0 atom stereocenters. The number of nitrogens with one attached hydrogen (secondary N) is 4. The summed E-state index contributed by atoms with van der Waals surface area (Å²) in [6.07, 6.45) is 1.97. The zero-order valence-electron chi connectivity index (χ0n) is 14.3. The summed E-state index contributed by atoms with van der Waals surface area (Å²) in [5, 5.41) is 27.3. The molecule has 3 rings (SSSR count). The number of alkyl halides is 2. The van der Waals surface area contributed by atoms with Gasteiger partial charge in [-0.05, 0) is 35.7 Å². The highest BCUT2D eigenvalue weighted by atomic mass is 19.3. The largest absolute Gasteiger partial charge is 0.404 e. The lowest BCUT2D eigenvalue weighted by Crippen LogP contribution is -2.39. The molecular weight excluding hydrogens is 368 g/mol. The van der Waals surface area contributed by atoms with Crippen LogP contribution in [0, 0.1) is 16.2 Å². The van der Waals surface area contributed by atoms with Crippen LogP contribution < -0.4 is 16.8 Å². The van der Waals surface area contributed by atoms with Gasteiger partial charge in [0.15, 0.2) is 5.84 Å². The van der Waals surface area contributed by atoms with Crippen LogP contribution in [0.5, 0.6) is 0 Å². The maximum absolute atomic E-state index is 15.0. The average molecular weight is 383 g/mol. The highest BCUT2D eigenvalue weighted by molar-refractivity contribution is 6.07. The lowest BCUT2D eigenvalue weighted by Gasteiger charge is -2.19. The number of aromatic nitrogens is 3. The molecule has 0 saturated heterocycles. The van der Waals surface area contributed by atoms with Crippen LogP contribution in [0.25, 0.3) is 16.5 Å². The fourth-order valence-corrected chi connectivity index (χ4v) is 2.57. The molecule has 0 aliphatic rings. The molecule has 0 bridgehead atoms. The third-order valence-electron chi connectivity index (χ3n) is 4.06. The monoisotopic (exact) mass is 383 g/mol. The van der Waals surface area contributed by atoms with Crippen molar-refractivity contribution in [1.82, 2.24) is 14.8 Å². The molecule has 28 heavy (non-hydrogen) atoms. The standard InChI is InChI=1S/C18H15F2N7O/c19-18(20,12-2-3-13-10(7-12)1-6-16(28)25-13)17(24)27-15(23)5-4-14(26-27)11(8-21)9-22/h1-9,21,23-24H,22H2,(H,25,28). The Hall–Kier alpha value is -3.95. The van der Waals surface area contributed by atoms with E-state index >= 15 is 0 Å². The van der Waals surface area contributed by atoms with Crippen LogP contribution in [0.3, 0.4) is 0 Å². The molecule has 6 N–H and O–H groups in total. The van der Waals surface area contributed by atoms with Crippen molar-refractivity contribution >= 4 is 28.5 Å². The van der Waals surface area contributed by atoms with Crippen molar-refractivity contribution in [2.24, 2.45) is 5.73 Å². The molecule has 0 radical (unpaired) electrons. The van der Waals surface area contributed by atoms with E-state index in [0.29, 0.717) is 15.6 Å². The van der Waals surface area contributed by atoms with E-state index in [-0.39, 0.29) is 16.8 Å². The smallest absolute Gasteiger partial charge is 0.331 e. The second-order valence-electron chi connectivity index (χ2n) is 5.83. The molecule has 0 aliphatic carbocycles. The maximum atomic E-state index is 15.0. The Labute approximate surface area is 156 Å². The number of hydrogen-bond acceptors (Lipinski definition) is 6. The third kappa shape index (κ3) is 3.22. The fourth-order valence-electron chi connectivity index (χ4n) is 2.57. The van der Waals surface area contributed by atoms with Crippen molar-refractivity contribution < 1.29 is 8.78 Å². The number of hydrogen-bond donors (Lipinski definition) is 5. The summed E-state index contributed by atoms with van der Waals surface area (Å²) < 4.78 is 30.5. The second kappa shape index (κ2) is 6.99. The number of rotatable bonds is 4. The van der Waals surface area contributed by atoms with Gasteiger partial charge in [0, 0.05) is 35.1 Å². The first kappa shape index (κ1) is 18.8. The number of H-pyrrole nitrogens is 1. The minimum atomic E-state index is -3.77. The van der Waals surface area contributed by atoms with Crippen molar-refractivity contribution in [3.8, 4) is 0 Å². The van der Waals surface area contributed by atoms with E-state index in [9.17, 15) is 13.6 Å².